The number of halogens is 1. The van der Waals surface area contributed by atoms with Crippen molar-refractivity contribution >= 4 is 17.9 Å². The standard InChI is InChI=1S/C15H16FN3O4/c1-15(2,3)23-14(22)18-12-11(13(20)21)8-17-19(12)10-6-4-9(16)5-7-10/h4-8H,1-3H3,(H,18,22)(H,20,21). The molecule has 0 spiro atoms. The number of carboxylic acids is 1. The van der Waals surface area contributed by atoms with Crippen LogP contribution in [0.15, 0.2) is 30.5 Å². The summed E-state index contributed by atoms with van der Waals surface area (Å²) in [7, 11) is 0. The summed E-state index contributed by atoms with van der Waals surface area (Å²) in [4.78, 5) is 23.2. The molecule has 8 heteroatoms. The van der Waals surface area contributed by atoms with Crippen molar-refractivity contribution in [3.05, 3.63) is 41.8 Å². The first-order valence-electron chi connectivity index (χ1n) is 6.74. The highest BCUT2D eigenvalue weighted by Gasteiger charge is 2.23. The number of benzene rings is 1. The number of amides is 1. The molecule has 0 aliphatic rings. The van der Waals surface area contributed by atoms with E-state index in [1.54, 1.807) is 20.8 Å². The van der Waals surface area contributed by atoms with Gasteiger partial charge in [0, 0.05) is 0 Å². The number of hydrogen-bond donors (Lipinski definition) is 2. The maximum atomic E-state index is 13.0. The maximum absolute atomic E-state index is 13.0. The molecule has 2 aromatic rings. The second-order valence-electron chi connectivity index (χ2n) is 5.73. The molecule has 0 saturated heterocycles. The van der Waals surface area contributed by atoms with Crippen molar-refractivity contribution in [2.45, 2.75) is 26.4 Å². The van der Waals surface area contributed by atoms with Crippen molar-refractivity contribution in [2.75, 3.05) is 5.32 Å². The van der Waals surface area contributed by atoms with Crippen LogP contribution in [0.3, 0.4) is 0 Å². The van der Waals surface area contributed by atoms with Gasteiger partial charge in [-0.3, -0.25) is 5.32 Å². The quantitative estimate of drug-likeness (QED) is 0.906. The molecular weight excluding hydrogens is 305 g/mol. The van der Waals surface area contributed by atoms with E-state index in [0.717, 1.165) is 6.20 Å². The van der Waals surface area contributed by atoms with E-state index >= 15 is 0 Å². The Hall–Kier alpha value is -2.90. The van der Waals surface area contributed by atoms with Crippen molar-refractivity contribution in [3.8, 4) is 5.69 Å². The molecule has 7 nitrogen and oxygen atoms in total. The lowest BCUT2D eigenvalue weighted by atomic mass is 10.2. The molecule has 23 heavy (non-hydrogen) atoms. The first kappa shape index (κ1) is 16.5. The van der Waals surface area contributed by atoms with Crippen LogP contribution < -0.4 is 5.32 Å². The van der Waals surface area contributed by atoms with Gasteiger partial charge in [-0.15, -0.1) is 0 Å². The molecule has 1 aromatic heterocycles. The van der Waals surface area contributed by atoms with Crippen molar-refractivity contribution in [1.82, 2.24) is 9.78 Å². The minimum atomic E-state index is -1.26. The smallest absolute Gasteiger partial charge is 0.413 e. The molecule has 0 aliphatic heterocycles. The zero-order chi connectivity index (χ0) is 17.2. The van der Waals surface area contributed by atoms with Gasteiger partial charge in [-0.05, 0) is 45.0 Å². The molecule has 0 saturated carbocycles. The van der Waals surface area contributed by atoms with Crippen LogP contribution >= 0.6 is 0 Å². The number of nitrogens with one attached hydrogen (secondary N) is 1. The Labute approximate surface area is 131 Å². The molecule has 0 atom stereocenters. The zero-order valence-corrected chi connectivity index (χ0v) is 12.8. The van der Waals surface area contributed by atoms with Crippen molar-refractivity contribution in [2.24, 2.45) is 0 Å². The van der Waals surface area contributed by atoms with Gasteiger partial charge in [0.15, 0.2) is 5.82 Å². The second kappa shape index (κ2) is 6.07. The van der Waals surface area contributed by atoms with Gasteiger partial charge in [0.1, 0.15) is 17.0 Å². The van der Waals surface area contributed by atoms with Crippen LogP contribution in [0.25, 0.3) is 5.69 Å². The van der Waals surface area contributed by atoms with E-state index in [1.165, 1.54) is 28.9 Å². The van der Waals surface area contributed by atoms with Crippen molar-refractivity contribution in [3.63, 3.8) is 0 Å². The average Bonchev–Trinajstić information content (AvgIpc) is 2.81. The van der Waals surface area contributed by atoms with Crippen molar-refractivity contribution < 1.29 is 23.8 Å². The summed E-state index contributed by atoms with van der Waals surface area (Å²) in [6.07, 6.45) is 0.280. The molecule has 0 unspecified atom stereocenters. The average molecular weight is 321 g/mol. The summed E-state index contributed by atoms with van der Waals surface area (Å²) in [5, 5.41) is 15.5. The largest absolute Gasteiger partial charge is 0.477 e. The Morgan fingerprint density at radius 3 is 2.39 bits per heavy atom. The molecule has 1 aromatic carbocycles. The highest BCUT2D eigenvalue weighted by molar-refractivity contribution is 5.97. The predicted octanol–water partition coefficient (Wildman–Crippen LogP) is 3.06. The Morgan fingerprint density at radius 2 is 1.87 bits per heavy atom. The Balaban J connectivity index is 2.39. The lowest BCUT2D eigenvalue weighted by molar-refractivity contribution is 0.0635. The number of carbonyl (C=O) groups excluding carboxylic acids is 1. The van der Waals surface area contributed by atoms with Gasteiger partial charge in [0.25, 0.3) is 0 Å². The third-order valence-corrected chi connectivity index (χ3v) is 2.69. The van der Waals surface area contributed by atoms with E-state index in [4.69, 9.17) is 4.74 Å². The van der Waals surface area contributed by atoms with Gasteiger partial charge < -0.3 is 9.84 Å². The minimum absolute atomic E-state index is 0.0710. The molecule has 1 heterocycles. The molecule has 2 rings (SSSR count). The number of ether oxygens (including phenoxy) is 1. The predicted molar refractivity (Wildman–Crippen MR) is 80.3 cm³/mol. The number of aromatic carboxylic acids is 1. The lowest BCUT2D eigenvalue weighted by Gasteiger charge is -2.20. The van der Waals surface area contributed by atoms with Crippen LogP contribution in [0.1, 0.15) is 31.1 Å². The second-order valence-corrected chi connectivity index (χ2v) is 5.73. The fourth-order valence-electron chi connectivity index (χ4n) is 1.80. The van der Waals surface area contributed by atoms with E-state index < -0.39 is 23.5 Å². The van der Waals surface area contributed by atoms with Gasteiger partial charge in [-0.1, -0.05) is 0 Å². The third kappa shape index (κ3) is 4.06. The molecule has 2 N–H and O–H groups in total. The Bertz CT molecular complexity index is 732. The number of anilines is 1. The molecule has 0 aliphatic carbocycles. The fourth-order valence-corrected chi connectivity index (χ4v) is 1.80. The molecule has 0 bridgehead atoms. The van der Waals surface area contributed by atoms with E-state index in [2.05, 4.69) is 10.4 Å². The summed E-state index contributed by atoms with van der Waals surface area (Å²) in [5.41, 5.74) is -0.557. The topological polar surface area (TPSA) is 93.4 Å². The van der Waals surface area contributed by atoms with Gasteiger partial charge in [-0.25, -0.2) is 18.7 Å². The Kier molecular flexibility index (Phi) is 4.35. The zero-order valence-electron chi connectivity index (χ0n) is 12.8. The highest BCUT2D eigenvalue weighted by Crippen LogP contribution is 2.21. The summed E-state index contributed by atoms with van der Waals surface area (Å²) in [6.45, 7) is 5.05. The van der Waals surface area contributed by atoms with E-state index in [-0.39, 0.29) is 11.4 Å². The molecular formula is C15H16FN3O4. The van der Waals surface area contributed by atoms with Crippen LogP contribution in [0.5, 0.6) is 0 Å². The van der Waals surface area contributed by atoms with E-state index in [0.29, 0.717) is 5.69 Å². The summed E-state index contributed by atoms with van der Waals surface area (Å²) >= 11 is 0. The summed E-state index contributed by atoms with van der Waals surface area (Å²) < 4.78 is 19.3. The number of hydrogen-bond acceptors (Lipinski definition) is 4. The monoisotopic (exact) mass is 321 g/mol. The number of rotatable bonds is 3. The summed E-state index contributed by atoms with van der Waals surface area (Å²) in [6, 6.07) is 5.23. The minimum Gasteiger partial charge on any atom is -0.477 e. The first-order valence-corrected chi connectivity index (χ1v) is 6.74. The Morgan fingerprint density at radius 1 is 1.26 bits per heavy atom. The highest BCUT2D eigenvalue weighted by atomic mass is 19.1. The molecule has 0 radical (unpaired) electrons. The lowest BCUT2D eigenvalue weighted by Crippen LogP contribution is -2.28. The summed E-state index contributed by atoms with van der Waals surface area (Å²) in [5.74, 6) is -1.77. The van der Waals surface area contributed by atoms with Crippen LogP contribution in [-0.4, -0.2) is 32.6 Å². The van der Waals surface area contributed by atoms with Crippen molar-refractivity contribution in [1.29, 1.82) is 0 Å². The third-order valence-electron chi connectivity index (χ3n) is 2.69. The number of aromatic nitrogens is 2. The molecule has 1 amide bonds. The van der Waals surface area contributed by atoms with Gasteiger partial charge in [-0.2, -0.15) is 5.10 Å². The number of nitrogens with zero attached hydrogens (tertiary/aromatic N) is 2. The van der Waals surface area contributed by atoms with Crippen LogP contribution in [0, 0.1) is 5.82 Å². The molecule has 0 fully saturated rings. The van der Waals surface area contributed by atoms with Gasteiger partial charge >= 0.3 is 12.1 Å². The number of carboxylic acid groups (broad SMARTS) is 1. The van der Waals surface area contributed by atoms with Gasteiger partial charge in [0.2, 0.25) is 0 Å². The van der Waals surface area contributed by atoms with Crippen LogP contribution in [0.2, 0.25) is 0 Å². The normalized spacial score (nSPS) is 11.1. The van der Waals surface area contributed by atoms with E-state index in [1.807, 2.05) is 0 Å². The van der Waals surface area contributed by atoms with Gasteiger partial charge in [0.05, 0.1) is 11.9 Å². The SMILES string of the molecule is CC(C)(C)OC(=O)Nc1c(C(=O)O)cnn1-c1ccc(F)cc1. The first-order chi connectivity index (χ1) is 10.7. The number of carbonyl (C=O) groups is 2. The van der Waals surface area contributed by atoms with Crippen LogP contribution in [0.4, 0.5) is 15.0 Å². The fraction of sp³-hybridized carbons (Fsp3) is 0.267. The maximum Gasteiger partial charge on any atom is 0.413 e. The van der Waals surface area contributed by atoms with Crippen LogP contribution in [-0.2, 0) is 4.74 Å². The van der Waals surface area contributed by atoms with E-state index in [9.17, 15) is 19.1 Å². The molecule has 122 valence electrons.